The Bertz CT molecular complexity index is 356. The van der Waals surface area contributed by atoms with Crippen LogP contribution in [0.25, 0.3) is 0 Å². The van der Waals surface area contributed by atoms with Crippen molar-refractivity contribution < 1.29 is 0 Å². The Kier molecular flexibility index (Phi) is 5.71. The van der Waals surface area contributed by atoms with Crippen molar-refractivity contribution in [1.29, 1.82) is 0 Å². The van der Waals surface area contributed by atoms with Gasteiger partial charge in [-0.3, -0.25) is 0 Å². The highest BCUT2D eigenvalue weighted by Crippen LogP contribution is 2.36. The van der Waals surface area contributed by atoms with Gasteiger partial charge in [-0.25, -0.2) is 0 Å². The first-order valence-electron chi connectivity index (χ1n) is 7.30. The minimum absolute atomic E-state index is 0.517. The van der Waals surface area contributed by atoms with Crippen molar-refractivity contribution in [2.24, 2.45) is 5.92 Å². The minimum Gasteiger partial charge on any atom is -0.310 e. The fourth-order valence-electron chi connectivity index (χ4n) is 3.12. The van der Waals surface area contributed by atoms with Crippen LogP contribution >= 0.6 is 15.9 Å². The lowest BCUT2D eigenvalue weighted by Gasteiger charge is -2.28. The van der Waals surface area contributed by atoms with E-state index in [1.54, 1.807) is 0 Å². The molecule has 1 atom stereocenters. The number of hydrogen-bond donors (Lipinski definition) is 1. The standard InChI is InChI=1S/C16H24BrN/c1-2-18-16(13-9-5-3-4-6-10-13)14-11-7-8-12-15(14)17/h7-8,11-13,16,18H,2-6,9-10H2,1H3. The molecule has 1 nitrogen and oxygen atoms in total. The molecule has 18 heavy (non-hydrogen) atoms. The molecule has 0 bridgehead atoms. The van der Waals surface area contributed by atoms with Gasteiger partial charge in [0.05, 0.1) is 0 Å². The Balaban J connectivity index is 2.18. The van der Waals surface area contributed by atoms with Crippen molar-refractivity contribution in [3.63, 3.8) is 0 Å². The lowest BCUT2D eigenvalue weighted by atomic mass is 9.87. The van der Waals surface area contributed by atoms with Gasteiger partial charge in [-0.15, -0.1) is 0 Å². The number of rotatable bonds is 4. The van der Waals surface area contributed by atoms with Crippen LogP contribution in [0.15, 0.2) is 28.7 Å². The van der Waals surface area contributed by atoms with E-state index >= 15 is 0 Å². The molecule has 0 spiro atoms. The number of benzene rings is 1. The van der Waals surface area contributed by atoms with Crippen LogP contribution in [0.4, 0.5) is 0 Å². The van der Waals surface area contributed by atoms with E-state index in [9.17, 15) is 0 Å². The molecule has 1 fully saturated rings. The molecule has 1 aliphatic rings. The van der Waals surface area contributed by atoms with Crippen LogP contribution in [0.2, 0.25) is 0 Å². The molecule has 1 saturated carbocycles. The summed E-state index contributed by atoms with van der Waals surface area (Å²) in [5.74, 6) is 0.797. The molecule has 1 N–H and O–H groups in total. The van der Waals surface area contributed by atoms with Crippen LogP contribution < -0.4 is 5.32 Å². The maximum absolute atomic E-state index is 3.71. The second-order valence-electron chi connectivity index (χ2n) is 5.31. The Labute approximate surface area is 119 Å². The molecule has 0 saturated heterocycles. The average molecular weight is 310 g/mol. The number of hydrogen-bond acceptors (Lipinski definition) is 1. The summed E-state index contributed by atoms with van der Waals surface area (Å²) in [4.78, 5) is 0. The average Bonchev–Trinajstić information content (AvgIpc) is 2.66. The fraction of sp³-hybridized carbons (Fsp3) is 0.625. The molecule has 100 valence electrons. The van der Waals surface area contributed by atoms with Crippen molar-refractivity contribution in [1.82, 2.24) is 5.32 Å². The zero-order valence-electron chi connectivity index (χ0n) is 11.3. The molecule has 0 heterocycles. The molecule has 0 radical (unpaired) electrons. The summed E-state index contributed by atoms with van der Waals surface area (Å²) >= 11 is 3.71. The normalized spacial score (nSPS) is 19.4. The molecule has 0 aliphatic heterocycles. The SMILES string of the molecule is CCNC(c1ccccc1Br)C1CCCCCC1. The zero-order valence-corrected chi connectivity index (χ0v) is 12.9. The van der Waals surface area contributed by atoms with Gasteiger partial charge in [-0.2, -0.15) is 0 Å². The van der Waals surface area contributed by atoms with E-state index in [4.69, 9.17) is 0 Å². The largest absolute Gasteiger partial charge is 0.310 e. The highest BCUT2D eigenvalue weighted by Gasteiger charge is 2.24. The molecular weight excluding hydrogens is 286 g/mol. The Morgan fingerprint density at radius 1 is 1.17 bits per heavy atom. The summed E-state index contributed by atoms with van der Waals surface area (Å²) in [7, 11) is 0. The summed E-state index contributed by atoms with van der Waals surface area (Å²) < 4.78 is 1.25. The quantitative estimate of drug-likeness (QED) is 0.766. The second kappa shape index (κ2) is 7.30. The summed E-state index contributed by atoms with van der Waals surface area (Å²) in [5.41, 5.74) is 1.44. The van der Waals surface area contributed by atoms with Gasteiger partial charge in [0, 0.05) is 10.5 Å². The molecule has 1 aromatic carbocycles. The predicted octanol–water partition coefficient (Wildman–Crippen LogP) is 5.07. The van der Waals surface area contributed by atoms with Crippen molar-refractivity contribution in [3.05, 3.63) is 34.3 Å². The molecular formula is C16H24BrN. The van der Waals surface area contributed by atoms with Gasteiger partial charge >= 0.3 is 0 Å². The van der Waals surface area contributed by atoms with E-state index in [1.807, 2.05) is 0 Å². The maximum atomic E-state index is 3.71. The smallest absolute Gasteiger partial charge is 0.0359 e. The summed E-state index contributed by atoms with van der Waals surface area (Å²) in [6.07, 6.45) is 8.39. The van der Waals surface area contributed by atoms with E-state index in [1.165, 1.54) is 48.6 Å². The first-order valence-corrected chi connectivity index (χ1v) is 8.10. The molecule has 1 aliphatic carbocycles. The molecule has 1 aromatic rings. The van der Waals surface area contributed by atoms with Crippen LogP contribution in [-0.2, 0) is 0 Å². The van der Waals surface area contributed by atoms with Crippen LogP contribution in [0.5, 0.6) is 0 Å². The molecule has 1 unspecified atom stereocenters. The second-order valence-corrected chi connectivity index (χ2v) is 6.16. The van der Waals surface area contributed by atoms with Gasteiger partial charge in [0.25, 0.3) is 0 Å². The van der Waals surface area contributed by atoms with E-state index in [0.717, 1.165) is 12.5 Å². The van der Waals surface area contributed by atoms with Gasteiger partial charge in [0.2, 0.25) is 0 Å². The number of halogens is 1. The zero-order chi connectivity index (χ0) is 12.8. The van der Waals surface area contributed by atoms with Crippen molar-refractivity contribution >= 4 is 15.9 Å². The predicted molar refractivity (Wildman–Crippen MR) is 81.8 cm³/mol. The summed E-state index contributed by atoms with van der Waals surface area (Å²) in [6.45, 7) is 3.25. The number of nitrogens with one attached hydrogen (secondary N) is 1. The van der Waals surface area contributed by atoms with Crippen LogP contribution in [0.3, 0.4) is 0 Å². The van der Waals surface area contributed by atoms with Crippen molar-refractivity contribution in [2.75, 3.05) is 6.54 Å². The lowest BCUT2D eigenvalue weighted by molar-refractivity contribution is 0.329. The fourth-order valence-corrected chi connectivity index (χ4v) is 3.65. The molecule has 2 rings (SSSR count). The van der Waals surface area contributed by atoms with Gasteiger partial charge in [0.1, 0.15) is 0 Å². The summed E-state index contributed by atoms with van der Waals surface area (Å²) in [5, 5.41) is 3.71. The van der Waals surface area contributed by atoms with E-state index in [0.29, 0.717) is 6.04 Å². The van der Waals surface area contributed by atoms with E-state index in [2.05, 4.69) is 52.4 Å². The third-order valence-corrected chi connectivity index (χ3v) is 4.76. The Morgan fingerprint density at radius 2 is 1.83 bits per heavy atom. The van der Waals surface area contributed by atoms with Crippen molar-refractivity contribution in [3.8, 4) is 0 Å². The third kappa shape index (κ3) is 3.58. The maximum Gasteiger partial charge on any atom is 0.0359 e. The molecule has 0 amide bonds. The third-order valence-electron chi connectivity index (χ3n) is 4.04. The molecule has 0 aromatic heterocycles. The highest BCUT2D eigenvalue weighted by molar-refractivity contribution is 9.10. The summed E-state index contributed by atoms with van der Waals surface area (Å²) in [6, 6.07) is 9.20. The lowest BCUT2D eigenvalue weighted by Crippen LogP contribution is -2.28. The van der Waals surface area contributed by atoms with Crippen molar-refractivity contribution in [2.45, 2.75) is 51.5 Å². The Morgan fingerprint density at radius 3 is 2.44 bits per heavy atom. The van der Waals surface area contributed by atoms with Gasteiger partial charge in [-0.05, 0) is 36.9 Å². The first-order chi connectivity index (χ1) is 8.83. The van der Waals surface area contributed by atoms with Gasteiger partial charge in [-0.1, -0.05) is 66.7 Å². The Hall–Kier alpha value is -0.340. The van der Waals surface area contributed by atoms with Gasteiger partial charge < -0.3 is 5.32 Å². The van der Waals surface area contributed by atoms with Crippen LogP contribution in [0.1, 0.15) is 57.1 Å². The van der Waals surface area contributed by atoms with E-state index < -0.39 is 0 Å². The highest BCUT2D eigenvalue weighted by atomic mass is 79.9. The molecule has 2 heteroatoms. The monoisotopic (exact) mass is 309 g/mol. The van der Waals surface area contributed by atoms with E-state index in [-0.39, 0.29) is 0 Å². The van der Waals surface area contributed by atoms with Crippen LogP contribution in [-0.4, -0.2) is 6.54 Å². The van der Waals surface area contributed by atoms with Gasteiger partial charge in [0.15, 0.2) is 0 Å². The first kappa shape index (κ1) is 14.1. The minimum atomic E-state index is 0.517. The van der Waals surface area contributed by atoms with Crippen LogP contribution in [0, 0.1) is 5.92 Å². The topological polar surface area (TPSA) is 12.0 Å².